The van der Waals surface area contributed by atoms with Crippen LogP contribution in [-0.4, -0.2) is 47.2 Å². The highest BCUT2D eigenvalue weighted by Crippen LogP contribution is 2.27. The van der Waals surface area contributed by atoms with E-state index in [1.807, 2.05) is 18.2 Å². The third-order valence-electron chi connectivity index (χ3n) is 4.61. The summed E-state index contributed by atoms with van der Waals surface area (Å²) < 4.78 is 0. The Labute approximate surface area is 133 Å². The molecule has 1 aliphatic rings. The number of piperidine rings is 1. The third-order valence-corrected chi connectivity index (χ3v) is 4.61. The number of nitrogens with one attached hydrogen (secondary N) is 1. The quantitative estimate of drug-likeness (QED) is 0.845. The van der Waals surface area contributed by atoms with E-state index >= 15 is 0 Å². The van der Waals surface area contributed by atoms with Crippen LogP contribution in [0.2, 0.25) is 0 Å². The lowest BCUT2D eigenvalue weighted by Gasteiger charge is -2.44. The molecule has 1 aromatic carbocycles. The molecule has 0 aliphatic carbocycles. The van der Waals surface area contributed by atoms with E-state index in [1.165, 1.54) is 5.56 Å². The SMILES string of the molecule is CC(C)N1CCC(Cc2ccccc2)(NC(=O)CCO)CC1. The van der Waals surface area contributed by atoms with Gasteiger partial charge < -0.3 is 15.3 Å². The average molecular weight is 304 g/mol. The molecule has 0 atom stereocenters. The molecular weight excluding hydrogens is 276 g/mol. The summed E-state index contributed by atoms with van der Waals surface area (Å²) in [5.41, 5.74) is 1.07. The van der Waals surface area contributed by atoms with Gasteiger partial charge in [-0.3, -0.25) is 4.79 Å². The van der Waals surface area contributed by atoms with Crippen LogP contribution in [0.15, 0.2) is 30.3 Å². The van der Waals surface area contributed by atoms with Crippen LogP contribution < -0.4 is 5.32 Å². The van der Waals surface area contributed by atoms with Gasteiger partial charge in [0, 0.05) is 31.1 Å². The number of aliphatic hydroxyl groups is 1. The first kappa shape index (κ1) is 17.0. The number of benzene rings is 1. The summed E-state index contributed by atoms with van der Waals surface area (Å²) >= 11 is 0. The van der Waals surface area contributed by atoms with Gasteiger partial charge in [0.25, 0.3) is 0 Å². The predicted molar refractivity (Wildman–Crippen MR) is 88.7 cm³/mol. The van der Waals surface area contributed by atoms with Crippen molar-refractivity contribution in [3.8, 4) is 0 Å². The van der Waals surface area contributed by atoms with Crippen LogP contribution in [0.1, 0.15) is 38.7 Å². The Morgan fingerprint density at radius 3 is 2.45 bits per heavy atom. The minimum atomic E-state index is -0.182. The normalized spacial score (nSPS) is 18.4. The zero-order valence-electron chi connectivity index (χ0n) is 13.7. The Morgan fingerprint density at radius 2 is 1.91 bits per heavy atom. The second-order valence-electron chi connectivity index (χ2n) is 6.59. The van der Waals surface area contributed by atoms with Crippen molar-refractivity contribution in [2.75, 3.05) is 19.7 Å². The fourth-order valence-corrected chi connectivity index (χ4v) is 3.26. The minimum absolute atomic E-state index is 0.0450. The molecule has 0 spiro atoms. The molecule has 0 unspecified atom stereocenters. The maximum absolute atomic E-state index is 12.0. The molecule has 1 amide bonds. The monoisotopic (exact) mass is 304 g/mol. The summed E-state index contributed by atoms with van der Waals surface area (Å²) in [5.74, 6) is -0.0450. The van der Waals surface area contributed by atoms with E-state index in [2.05, 4.69) is 36.2 Å². The number of hydrogen-bond donors (Lipinski definition) is 2. The number of carbonyl (C=O) groups excluding carboxylic acids is 1. The summed E-state index contributed by atoms with van der Waals surface area (Å²) in [7, 11) is 0. The van der Waals surface area contributed by atoms with Crippen molar-refractivity contribution in [2.24, 2.45) is 0 Å². The Morgan fingerprint density at radius 1 is 1.27 bits per heavy atom. The van der Waals surface area contributed by atoms with Crippen molar-refractivity contribution in [3.05, 3.63) is 35.9 Å². The van der Waals surface area contributed by atoms with E-state index in [1.54, 1.807) is 0 Å². The highest BCUT2D eigenvalue weighted by atomic mass is 16.3. The van der Waals surface area contributed by atoms with Crippen LogP contribution in [0.4, 0.5) is 0 Å². The summed E-state index contributed by atoms with van der Waals surface area (Å²) in [6, 6.07) is 10.9. The van der Waals surface area contributed by atoms with Gasteiger partial charge in [0.05, 0.1) is 6.61 Å². The van der Waals surface area contributed by atoms with Crippen molar-refractivity contribution in [1.82, 2.24) is 10.2 Å². The molecule has 4 heteroatoms. The highest BCUT2D eigenvalue weighted by Gasteiger charge is 2.36. The molecule has 1 aliphatic heterocycles. The van der Waals surface area contributed by atoms with E-state index in [0.29, 0.717) is 6.04 Å². The molecular formula is C18H28N2O2. The molecule has 0 aromatic heterocycles. The van der Waals surface area contributed by atoms with E-state index in [0.717, 1.165) is 32.4 Å². The van der Waals surface area contributed by atoms with Crippen molar-refractivity contribution < 1.29 is 9.90 Å². The lowest BCUT2D eigenvalue weighted by Crippen LogP contribution is -2.57. The van der Waals surface area contributed by atoms with E-state index in [-0.39, 0.29) is 24.5 Å². The van der Waals surface area contributed by atoms with Gasteiger partial charge in [-0.2, -0.15) is 0 Å². The van der Waals surface area contributed by atoms with Gasteiger partial charge in [-0.1, -0.05) is 30.3 Å². The zero-order valence-corrected chi connectivity index (χ0v) is 13.7. The molecule has 122 valence electrons. The van der Waals surface area contributed by atoms with Crippen LogP contribution in [0.25, 0.3) is 0 Å². The summed E-state index contributed by atoms with van der Waals surface area (Å²) in [5, 5.41) is 12.2. The largest absolute Gasteiger partial charge is 0.396 e. The van der Waals surface area contributed by atoms with Crippen molar-refractivity contribution in [1.29, 1.82) is 0 Å². The van der Waals surface area contributed by atoms with Crippen molar-refractivity contribution >= 4 is 5.91 Å². The van der Waals surface area contributed by atoms with Crippen LogP contribution in [0, 0.1) is 0 Å². The summed E-state index contributed by atoms with van der Waals surface area (Å²) in [4.78, 5) is 14.5. The smallest absolute Gasteiger partial charge is 0.222 e. The molecule has 1 heterocycles. The first-order chi connectivity index (χ1) is 10.5. The first-order valence-electron chi connectivity index (χ1n) is 8.24. The zero-order chi connectivity index (χ0) is 16.0. The molecule has 2 rings (SSSR count). The predicted octanol–water partition coefficient (Wildman–Crippen LogP) is 1.97. The molecule has 2 N–H and O–H groups in total. The maximum Gasteiger partial charge on any atom is 0.222 e. The third kappa shape index (κ3) is 4.55. The number of likely N-dealkylation sites (tertiary alicyclic amines) is 1. The second kappa shape index (κ2) is 7.75. The number of rotatable bonds is 6. The Bertz CT molecular complexity index is 465. The summed E-state index contributed by atoms with van der Waals surface area (Å²) in [6.07, 6.45) is 2.95. The molecule has 1 aromatic rings. The number of amides is 1. The van der Waals surface area contributed by atoms with Gasteiger partial charge >= 0.3 is 0 Å². The van der Waals surface area contributed by atoms with E-state index in [9.17, 15) is 4.79 Å². The van der Waals surface area contributed by atoms with Gasteiger partial charge in [0.2, 0.25) is 5.91 Å². The van der Waals surface area contributed by atoms with Gasteiger partial charge in [0.1, 0.15) is 0 Å². The minimum Gasteiger partial charge on any atom is -0.396 e. The number of hydrogen-bond acceptors (Lipinski definition) is 3. The van der Waals surface area contributed by atoms with Gasteiger partial charge in [-0.15, -0.1) is 0 Å². The summed E-state index contributed by atoms with van der Waals surface area (Å²) in [6.45, 7) is 6.35. The van der Waals surface area contributed by atoms with Crippen molar-refractivity contribution in [2.45, 2.75) is 51.1 Å². The van der Waals surface area contributed by atoms with E-state index < -0.39 is 0 Å². The second-order valence-corrected chi connectivity index (χ2v) is 6.59. The van der Waals surface area contributed by atoms with Crippen LogP contribution in [0.3, 0.4) is 0 Å². The van der Waals surface area contributed by atoms with Gasteiger partial charge in [0.15, 0.2) is 0 Å². The van der Waals surface area contributed by atoms with Crippen molar-refractivity contribution in [3.63, 3.8) is 0 Å². The lowest BCUT2D eigenvalue weighted by atomic mass is 9.81. The molecule has 1 saturated heterocycles. The lowest BCUT2D eigenvalue weighted by molar-refractivity contribution is -0.124. The molecule has 1 fully saturated rings. The molecule has 0 radical (unpaired) electrons. The number of aliphatic hydroxyl groups excluding tert-OH is 1. The Kier molecular flexibility index (Phi) is 5.98. The Balaban J connectivity index is 2.09. The number of carbonyl (C=O) groups is 1. The number of nitrogens with zero attached hydrogens (tertiary/aromatic N) is 1. The molecule has 22 heavy (non-hydrogen) atoms. The van der Waals surface area contributed by atoms with Crippen LogP contribution in [0.5, 0.6) is 0 Å². The van der Waals surface area contributed by atoms with Gasteiger partial charge in [-0.25, -0.2) is 0 Å². The highest BCUT2D eigenvalue weighted by molar-refractivity contribution is 5.77. The van der Waals surface area contributed by atoms with Gasteiger partial charge in [-0.05, 0) is 38.7 Å². The fourth-order valence-electron chi connectivity index (χ4n) is 3.26. The molecule has 4 nitrogen and oxygen atoms in total. The topological polar surface area (TPSA) is 52.6 Å². The maximum atomic E-state index is 12.0. The molecule has 0 saturated carbocycles. The van der Waals surface area contributed by atoms with Crippen LogP contribution in [-0.2, 0) is 11.2 Å². The standard InChI is InChI=1S/C18H28N2O2/c1-15(2)20-11-9-18(10-12-20,19-17(22)8-13-21)14-16-6-4-3-5-7-16/h3-7,15,21H,8-14H2,1-2H3,(H,19,22). The van der Waals surface area contributed by atoms with E-state index in [4.69, 9.17) is 5.11 Å². The fraction of sp³-hybridized carbons (Fsp3) is 0.611. The first-order valence-corrected chi connectivity index (χ1v) is 8.24. The Hall–Kier alpha value is -1.39. The molecule has 0 bridgehead atoms. The van der Waals surface area contributed by atoms with Crippen LogP contribution >= 0.6 is 0 Å². The average Bonchev–Trinajstić information content (AvgIpc) is 2.48.